The number of nitrogens with zero attached hydrogens (tertiary/aromatic N) is 2. The Morgan fingerprint density at radius 2 is 1.58 bits per heavy atom. The van der Waals surface area contributed by atoms with Crippen molar-refractivity contribution in [1.29, 1.82) is 0 Å². The van der Waals surface area contributed by atoms with E-state index in [2.05, 4.69) is 4.90 Å². The van der Waals surface area contributed by atoms with Gasteiger partial charge in [-0.2, -0.15) is 0 Å². The van der Waals surface area contributed by atoms with Crippen molar-refractivity contribution in [2.75, 3.05) is 37.1 Å². The minimum absolute atomic E-state index is 0.0387. The molecule has 38 heavy (non-hydrogen) atoms. The molecule has 0 bridgehead atoms. The number of ketones is 1. The Kier molecular flexibility index (Phi) is 6.91. The van der Waals surface area contributed by atoms with E-state index < -0.39 is 23.5 Å². The molecular weight excluding hydrogens is 508 g/mol. The van der Waals surface area contributed by atoms with Gasteiger partial charge in [0.15, 0.2) is 0 Å². The van der Waals surface area contributed by atoms with Gasteiger partial charge in [0.1, 0.15) is 23.0 Å². The minimum atomic E-state index is -1.01. The molecule has 3 aromatic carbocycles. The van der Waals surface area contributed by atoms with Crippen molar-refractivity contribution in [2.45, 2.75) is 18.9 Å². The molecule has 1 atom stereocenters. The van der Waals surface area contributed by atoms with E-state index in [0.717, 1.165) is 31.6 Å². The number of amides is 1. The number of carbonyl (C=O) groups is 2. The van der Waals surface area contributed by atoms with Crippen molar-refractivity contribution < 1.29 is 29.3 Å². The van der Waals surface area contributed by atoms with Gasteiger partial charge in [0, 0.05) is 30.5 Å². The number of phenols is 1. The van der Waals surface area contributed by atoms with Gasteiger partial charge in [0.25, 0.3) is 11.7 Å². The fourth-order valence-electron chi connectivity index (χ4n) is 5.10. The third-order valence-corrected chi connectivity index (χ3v) is 7.25. The van der Waals surface area contributed by atoms with E-state index in [9.17, 15) is 19.8 Å². The van der Waals surface area contributed by atoms with E-state index in [1.54, 1.807) is 24.3 Å². The first-order valence-electron chi connectivity index (χ1n) is 12.2. The Balaban J connectivity index is 1.68. The van der Waals surface area contributed by atoms with Crippen molar-refractivity contribution in [3.8, 4) is 17.2 Å². The van der Waals surface area contributed by atoms with E-state index in [1.165, 1.54) is 43.4 Å². The molecule has 0 spiro atoms. The molecule has 2 fully saturated rings. The average Bonchev–Trinajstić information content (AvgIpc) is 3.55. The molecule has 3 aromatic rings. The Morgan fingerprint density at radius 1 is 0.921 bits per heavy atom. The van der Waals surface area contributed by atoms with Crippen LogP contribution in [0.25, 0.3) is 5.76 Å². The summed E-state index contributed by atoms with van der Waals surface area (Å²) in [5, 5.41) is 22.0. The van der Waals surface area contributed by atoms with E-state index in [-0.39, 0.29) is 33.4 Å². The van der Waals surface area contributed by atoms with Crippen LogP contribution in [0, 0.1) is 0 Å². The van der Waals surface area contributed by atoms with Crippen LogP contribution in [0.1, 0.15) is 30.0 Å². The summed E-state index contributed by atoms with van der Waals surface area (Å²) in [6.45, 7) is 1.94. The molecular formula is C29H27ClN2O6. The van der Waals surface area contributed by atoms with E-state index in [1.807, 2.05) is 12.1 Å². The lowest BCUT2D eigenvalue weighted by molar-refractivity contribution is -0.132. The topological polar surface area (TPSA) is 99.5 Å². The number of aliphatic hydroxyl groups is 1. The summed E-state index contributed by atoms with van der Waals surface area (Å²) in [6, 6.07) is 15.6. The van der Waals surface area contributed by atoms with Crippen molar-refractivity contribution >= 4 is 40.4 Å². The predicted octanol–water partition coefficient (Wildman–Crippen LogP) is 5.29. The van der Waals surface area contributed by atoms with Crippen molar-refractivity contribution in [3.63, 3.8) is 0 Å². The number of phenolic OH excluding ortho intramolecular Hbond substituents is 1. The number of halogens is 1. The number of methoxy groups -OCH3 is 2. The molecule has 2 heterocycles. The largest absolute Gasteiger partial charge is 0.508 e. The quantitative estimate of drug-likeness (QED) is 0.252. The monoisotopic (exact) mass is 534 g/mol. The fourth-order valence-corrected chi connectivity index (χ4v) is 5.33. The summed E-state index contributed by atoms with van der Waals surface area (Å²) in [7, 11) is 2.83. The van der Waals surface area contributed by atoms with E-state index >= 15 is 0 Å². The maximum absolute atomic E-state index is 13.5. The Labute approximate surface area is 225 Å². The Hall–Kier alpha value is -4.17. The number of anilines is 2. The number of aromatic hydroxyl groups is 1. The first-order valence-corrected chi connectivity index (χ1v) is 12.6. The molecule has 2 N–H and O–H groups in total. The second-order valence-electron chi connectivity index (χ2n) is 9.16. The standard InChI is InChI=1S/C29H27ClN2O6/c1-37-23-16-22(30)24(38-2)15-21(23)27(34)25-26(17-6-5-7-20(33)14-17)32(29(36)28(25)35)19-10-8-18(9-11-19)31-12-3-4-13-31/h5-11,14-16,26,33-34H,3-4,12-13H2,1-2H3/b27-25+. The normalized spacial score (nSPS) is 18.8. The molecule has 1 amide bonds. The second kappa shape index (κ2) is 10.3. The maximum Gasteiger partial charge on any atom is 0.300 e. The average molecular weight is 535 g/mol. The smallest absolute Gasteiger partial charge is 0.300 e. The lowest BCUT2D eigenvalue weighted by Crippen LogP contribution is -2.29. The summed E-state index contributed by atoms with van der Waals surface area (Å²) in [5.74, 6) is -1.69. The van der Waals surface area contributed by atoms with E-state index in [4.69, 9.17) is 21.1 Å². The highest BCUT2D eigenvalue weighted by atomic mass is 35.5. The number of rotatable bonds is 6. The van der Waals surface area contributed by atoms with Crippen molar-refractivity contribution in [2.24, 2.45) is 0 Å². The molecule has 196 valence electrons. The van der Waals surface area contributed by atoms with Gasteiger partial charge in [-0.3, -0.25) is 14.5 Å². The first-order chi connectivity index (χ1) is 18.3. The molecule has 5 rings (SSSR count). The first kappa shape index (κ1) is 25.5. The number of Topliss-reactive ketones (excluding diaryl/α,β-unsaturated/α-hetero) is 1. The van der Waals surface area contributed by atoms with Crippen LogP contribution >= 0.6 is 11.6 Å². The molecule has 0 aromatic heterocycles. The molecule has 0 radical (unpaired) electrons. The summed E-state index contributed by atoms with van der Waals surface area (Å²) in [5.41, 5.74) is 1.97. The number of hydrogen-bond acceptors (Lipinski definition) is 7. The third-order valence-electron chi connectivity index (χ3n) is 6.96. The van der Waals surface area contributed by atoms with Gasteiger partial charge in [-0.15, -0.1) is 0 Å². The molecule has 2 saturated heterocycles. The number of carbonyl (C=O) groups excluding carboxylic acids is 2. The molecule has 0 aliphatic carbocycles. The number of ether oxygens (including phenoxy) is 2. The molecule has 9 heteroatoms. The molecule has 8 nitrogen and oxygen atoms in total. The highest BCUT2D eigenvalue weighted by Crippen LogP contribution is 2.45. The van der Waals surface area contributed by atoms with Crippen LogP contribution in [0.3, 0.4) is 0 Å². The lowest BCUT2D eigenvalue weighted by Gasteiger charge is -2.26. The Bertz CT molecular complexity index is 1430. The van der Waals surface area contributed by atoms with Gasteiger partial charge in [-0.1, -0.05) is 23.7 Å². The van der Waals surface area contributed by atoms with Gasteiger partial charge in [-0.05, 0) is 60.9 Å². The highest BCUT2D eigenvalue weighted by molar-refractivity contribution is 6.51. The third kappa shape index (κ3) is 4.41. The van der Waals surface area contributed by atoms with Crippen LogP contribution in [-0.2, 0) is 9.59 Å². The zero-order valence-electron chi connectivity index (χ0n) is 21.0. The van der Waals surface area contributed by atoms with Crippen molar-refractivity contribution in [1.82, 2.24) is 0 Å². The van der Waals surface area contributed by atoms with Crippen LogP contribution in [0.4, 0.5) is 11.4 Å². The minimum Gasteiger partial charge on any atom is -0.508 e. The van der Waals surface area contributed by atoms with Gasteiger partial charge in [0.2, 0.25) is 0 Å². The maximum atomic E-state index is 13.5. The molecule has 1 unspecified atom stereocenters. The van der Waals surface area contributed by atoms with Crippen LogP contribution < -0.4 is 19.3 Å². The molecule has 2 aliphatic heterocycles. The van der Waals surface area contributed by atoms with Gasteiger partial charge >= 0.3 is 0 Å². The summed E-state index contributed by atoms with van der Waals surface area (Å²) in [4.78, 5) is 30.6. The van der Waals surface area contributed by atoms with Gasteiger partial charge in [-0.25, -0.2) is 0 Å². The Morgan fingerprint density at radius 3 is 2.21 bits per heavy atom. The second-order valence-corrected chi connectivity index (χ2v) is 9.57. The van der Waals surface area contributed by atoms with Crippen LogP contribution in [0.5, 0.6) is 17.2 Å². The lowest BCUT2D eigenvalue weighted by atomic mass is 9.94. The predicted molar refractivity (Wildman–Crippen MR) is 145 cm³/mol. The summed E-state index contributed by atoms with van der Waals surface area (Å²) >= 11 is 6.24. The summed E-state index contributed by atoms with van der Waals surface area (Å²) in [6.07, 6.45) is 2.26. The molecule has 2 aliphatic rings. The number of hydrogen-bond donors (Lipinski definition) is 2. The fraction of sp³-hybridized carbons (Fsp3) is 0.241. The number of aliphatic hydroxyl groups excluding tert-OH is 1. The van der Waals surface area contributed by atoms with Crippen LogP contribution in [0.2, 0.25) is 5.02 Å². The van der Waals surface area contributed by atoms with Crippen molar-refractivity contribution in [3.05, 3.63) is 82.4 Å². The van der Waals surface area contributed by atoms with Gasteiger partial charge in [0.05, 0.1) is 36.4 Å². The highest BCUT2D eigenvalue weighted by Gasteiger charge is 2.47. The van der Waals surface area contributed by atoms with Crippen LogP contribution in [-0.4, -0.2) is 49.2 Å². The number of benzene rings is 3. The SMILES string of the molecule is COc1cc(/C(O)=C2\C(=O)C(=O)N(c3ccc(N4CCCC4)cc3)C2c2cccc(O)c2)c(OC)cc1Cl. The van der Waals surface area contributed by atoms with Crippen LogP contribution in [0.15, 0.2) is 66.2 Å². The zero-order chi connectivity index (χ0) is 27.0. The molecule has 0 saturated carbocycles. The summed E-state index contributed by atoms with van der Waals surface area (Å²) < 4.78 is 10.7. The zero-order valence-corrected chi connectivity index (χ0v) is 21.7. The van der Waals surface area contributed by atoms with E-state index in [0.29, 0.717) is 11.3 Å². The van der Waals surface area contributed by atoms with Gasteiger partial charge < -0.3 is 24.6 Å².